The molecule has 11 nitrogen and oxygen atoms in total. The van der Waals surface area contributed by atoms with Gasteiger partial charge in [-0.05, 0) is 31.5 Å². The number of anilines is 2. The molecule has 3 aromatic heterocycles. The first-order valence-electron chi connectivity index (χ1n) is 11.9. The van der Waals surface area contributed by atoms with E-state index in [0.717, 1.165) is 6.20 Å². The second-order valence-corrected chi connectivity index (χ2v) is 9.52. The monoisotopic (exact) mass is 561 g/mol. The van der Waals surface area contributed by atoms with E-state index in [9.17, 15) is 22.8 Å². The number of nitrogens with zero attached hydrogens (tertiary/aromatic N) is 5. The summed E-state index contributed by atoms with van der Waals surface area (Å²) in [6.45, 7) is 2.59. The SMILES string of the molecule is C[C@@H](NC(=O)c1ccc(Nc2nccn3c(-c4cn[nH]c4C(F)(F)F)cnc23)cc1Cl)C(=O)N1CC[C@H](N)C1. The number of H-pyrrole nitrogens is 1. The van der Waals surface area contributed by atoms with Crippen molar-refractivity contribution in [3.05, 3.63) is 59.3 Å². The lowest BCUT2D eigenvalue weighted by molar-refractivity contribution is -0.140. The number of carbonyl (C=O) groups is 2. The highest BCUT2D eigenvalue weighted by atomic mass is 35.5. The predicted molar refractivity (Wildman–Crippen MR) is 136 cm³/mol. The Morgan fingerprint density at radius 1 is 1.26 bits per heavy atom. The molecule has 5 N–H and O–H groups in total. The molecule has 0 unspecified atom stereocenters. The lowest BCUT2D eigenvalue weighted by Gasteiger charge is -2.21. The first-order chi connectivity index (χ1) is 18.5. The van der Waals surface area contributed by atoms with Crippen LogP contribution in [0.2, 0.25) is 5.02 Å². The number of halogens is 4. The number of benzene rings is 1. The number of nitrogens with two attached hydrogens (primary N) is 1. The van der Waals surface area contributed by atoms with Crippen molar-refractivity contribution in [2.75, 3.05) is 18.4 Å². The molecule has 1 aliphatic rings. The van der Waals surface area contributed by atoms with Gasteiger partial charge in [0.2, 0.25) is 5.91 Å². The number of aromatic amines is 1. The number of carbonyl (C=O) groups excluding carboxylic acids is 2. The Morgan fingerprint density at radius 2 is 2.05 bits per heavy atom. The van der Waals surface area contributed by atoms with Crippen molar-refractivity contribution >= 4 is 40.6 Å². The summed E-state index contributed by atoms with van der Waals surface area (Å²) in [4.78, 5) is 35.5. The summed E-state index contributed by atoms with van der Waals surface area (Å²) in [5.74, 6) is -0.492. The fraction of sp³-hybridized carbons (Fsp3) is 0.292. The molecular formula is C24H23ClF3N9O2. The lowest BCUT2D eigenvalue weighted by Crippen LogP contribution is -2.46. The maximum Gasteiger partial charge on any atom is 0.433 e. The summed E-state index contributed by atoms with van der Waals surface area (Å²) >= 11 is 6.38. The van der Waals surface area contributed by atoms with Gasteiger partial charge in [0.05, 0.1) is 34.2 Å². The Labute approximate surface area is 224 Å². The van der Waals surface area contributed by atoms with E-state index in [0.29, 0.717) is 25.2 Å². The van der Waals surface area contributed by atoms with Gasteiger partial charge in [-0.1, -0.05) is 11.6 Å². The molecular weight excluding hydrogens is 539 g/mol. The topological polar surface area (TPSA) is 146 Å². The van der Waals surface area contributed by atoms with Gasteiger partial charge in [0.25, 0.3) is 5.91 Å². The van der Waals surface area contributed by atoms with Crippen molar-refractivity contribution in [3.63, 3.8) is 0 Å². The molecule has 39 heavy (non-hydrogen) atoms. The van der Waals surface area contributed by atoms with Gasteiger partial charge in [-0.25, -0.2) is 9.97 Å². The van der Waals surface area contributed by atoms with E-state index in [1.807, 2.05) is 5.10 Å². The number of amides is 2. The Kier molecular flexibility index (Phi) is 6.91. The molecule has 0 radical (unpaired) electrons. The molecule has 4 heterocycles. The Balaban J connectivity index is 1.33. The molecule has 2 atom stereocenters. The molecule has 4 aromatic rings. The second kappa shape index (κ2) is 10.2. The highest BCUT2D eigenvalue weighted by Gasteiger charge is 2.36. The van der Waals surface area contributed by atoms with Gasteiger partial charge in [-0.15, -0.1) is 0 Å². The van der Waals surface area contributed by atoms with E-state index in [4.69, 9.17) is 17.3 Å². The van der Waals surface area contributed by atoms with Crippen molar-refractivity contribution in [2.45, 2.75) is 31.6 Å². The number of likely N-dealkylation sites (tertiary alicyclic amines) is 1. The van der Waals surface area contributed by atoms with E-state index in [2.05, 4.69) is 25.7 Å². The first kappa shape index (κ1) is 26.4. The summed E-state index contributed by atoms with van der Waals surface area (Å²) in [7, 11) is 0. The predicted octanol–water partition coefficient (Wildman–Crippen LogP) is 3.21. The van der Waals surface area contributed by atoms with Crippen LogP contribution in [0.4, 0.5) is 24.7 Å². The number of imidazole rings is 1. The average molecular weight is 562 g/mol. The first-order valence-corrected chi connectivity index (χ1v) is 12.3. The van der Waals surface area contributed by atoms with Crippen LogP contribution < -0.4 is 16.4 Å². The van der Waals surface area contributed by atoms with E-state index in [1.165, 1.54) is 35.1 Å². The molecule has 204 valence electrons. The molecule has 1 fully saturated rings. The Hall–Kier alpha value is -4.17. The number of rotatable bonds is 6. The number of aromatic nitrogens is 5. The van der Waals surface area contributed by atoms with Crippen molar-refractivity contribution in [3.8, 4) is 11.3 Å². The quantitative estimate of drug-likeness (QED) is 0.283. The van der Waals surface area contributed by atoms with Crippen LogP contribution >= 0.6 is 11.6 Å². The van der Waals surface area contributed by atoms with E-state index in [1.54, 1.807) is 17.9 Å². The third kappa shape index (κ3) is 5.25. The zero-order valence-corrected chi connectivity index (χ0v) is 21.2. The van der Waals surface area contributed by atoms with Crippen LogP contribution in [0.5, 0.6) is 0 Å². The largest absolute Gasteiger partial charge is 0.433 e. The number of nitrogens with one attached hydrogen (secondary N) is 3. The summed E-state index contributed by atoms with van der Waals surface area (Å²) < 4.78 is 41.6. The van der Waals surface area contributed by atoms with Gasteiger partial charge in [0.15, 0.2) is 11.5 Å². The standard InChI is InChI=1S/C24H23ClF3N9O2/c1-12(23(39)36-6-4-13(29)11-36)33-22(38)15-3-2-14(8-17(15)25)34-20-21-31-10-18(37(21)7-5-30-20)16-9-32-35-19(16)24(26,27)28/h2-3,5,7-10,12-13H,4,6,11,29H2,1H3,(H,30,34)(H,32,35)(H,33,38)/t12-,13+/m1/s1. The molecule has 1 aliphatic heterocycles. The maximum absolute atomic E-state index is 13.4. The lowest BCUT2D eigenvalue weighted by atomic mass is 10.1. The highest BCUT2D eigenvalue weighted by Crippen LogP contribution is 2.36. The maximum atomic E-state index is 13.4. The third-order valence-corrected chi connectivity index (χ3v) is 6.67. The molecule has 0 spiro atoms. The van der Waals surface area contributed by atoms with Crippen molar-refractivity contribution in [1.29, 1.82) is 0 Å². The van der Waals surface area contributed by atoms with Crippen molar-refractivity contribution < 1.29 is 22.8 Å². The smallest absolute Gasteiger partial charge is 0.340 e. The Morgan fingerprint density at radius 3 is 2.74 bits per heavy atom. The Bertz CT molecular complexity index is 1550. The van der Waals surface area contributed by atoms with Gasteiger partial charge in [0, 0.05) is 37.2 Å². The minimum Gasteiger partial charge on any atom is -0.340 e. The van der Waals surface area contributed by atoms with Crippen LogP contribution in [0.3, 0.4) is 0 Å². The third-order valence-electron chi connectivity index (χ3n) is 6.36. The van der Waals surface area contributed by atoms with Gasteiger partial charge < -0.3 is 21.3 Å². The normalized spacial score (nSPS) is 16.5. The zero-order valence-electron chi connectivity index (χ0n) is 20.5. The van der Waals surface area contributed by atoms with Crippen LogP contribution in [0, 0.1) is 0 Å². The summed E-state index contributed by atoms with van der Waals surface area (Å²) in [6.07, 6.45) is 1.35. The summed E-state index contributed by atoms with van der Waals surface area (Å²) in [5, 5.41) is 11.3. The summed E-state index contributed by atoms with van der Waals surface area (Å²) in [5.41, 5.74) is 5.75. The van der Waals surface area contributed by atoms with E-state index < -0.39 is 23.8 Å². The molecule has 15 heteroatoms. The second-order valence-electron chi connectivity index (χ2n) is 9.12. The minimum absolute atomic E-state index is 0.0664. The fourth-order valence-corrected chi connectivity index (χ4v) is 4.68. The van der Waals surface area contributed by atoms with Crippen molar-refractivity contribution in [2.24, 2.45) is 5.73 Å². The van der Waals surface area contributed by atoms with Crippen LogP contribution in [0.1, 0.15) is 29.4 Å². The van der Waals surface area contributed by atoms with Crippen LogP contribution in [0.15, 0.2) is 43.0 Å². The molecule has 2 amide bonds. The number of fused-ring (bicyclic) bond motifs is 1. The van der Waals surface area contributed by atoms with Crippen LogP contribution in [0.25, 0.3) is 16.9 Å². The molecule has 0 saturated carbocycles. The van der Waals surface area contributed by atoms with Crippen molar-refractivity contribution in [1.82, 2.24) is 34.8 Å². The number of alkyl halides is 3. The average Bonchev–Trinajstić information content (AvgIpc) is 3.62. The highest BCUT2D eigenvalue weighted by molar-refractivity contribution is 6.34. The van der Waals surface area contributed by atoms with Gasteiger partial charge in [-0.3, -0.25) is 19.1 Å². The molecule has 0 bridgehead atoms. The minimum atomic E-state index is -4.62. The molecule has 1 saturated heterocycles. The zero-order chi connectivity index (χ0) is 27.9. The van der Waals surface area contributed by atoms with Gasteiger partial charge in [-0.2, -0.15) is 18.3 Å². The van der Waals surface area contributed by atoms with Crippen LogP contribution in [-0.2, 0) is 11.0 Å². The van der Waals surface area contributed by atoms with E-state index >= 15 is 0 Å². The molecule has 1 aromatic carbocycles. The summed E-state index contributed by atoms with van der Waals surface area (Å²) in [6, 6.07) is 3.74. The van der Waals surface area contributed by atoms with E-state index in [-0.39, 0.29) is 45.3 Å². The molecule has 5 rings (SSSR count). The van der Waals surface area contributed by atoms with Crippen LogP contribution in [-0.4, -0.2) is 66.5 Å². The number of hydrogen-bond donors (Lipinski definition) is 4. The fourth-order valence-electron chi connectivity index (χ4n) is 4.41. The van der Waals surface area contributed by atoms with Gasteiger partial charge in [0.1, 0.15) is 11.7 Å². The van der Waals surface area contributed by atoms with Gasteiger partial charge >= 0.3 is 6.18 Å². The molecule has 0 aliphatic carbocycles. The number of hydrogen-bond acceptors (Lipinski definition) is 7.